The molecule has 0 aliphatic carbocycles. The Bertz CT molecular complexity index is 417. The van der Waals surface area contributed by atoms with Crippen LogP contribution in [0.3, 0.4) is 0 Å². The fourth-order valence-corrected chi connectivity index (χ4v) is 1.13. The van der Waals surface area contributed by atoms with E-state index in [0.717, 1.165) is 0 Å². The van der Waals surface area contributed by atoms with Crippen molar-refractivity contribution in [3.05, 3.63) is 82.1 Å². The maximum atomic E-state index is 10.4. The van der Waals surface area contributed by atoms with Gasteiger partial charge in [0.15, 0.2) is 0 Å². The third-order valence-corrected chi connectivity index (χ3v) is 2.33. The number of allylic oxidation sites excluding steroid dienone is 7. The van der Waals surface area contributed by atoms with Crippen molar-refractivity contribution in [3.8, 4) is 0 Å². The summed E-state index contributed by atoms with van der Waals surface area (Å²) in [5, 5.41) is 10.4. The Morgan fingerprint density at radius 3 is 2.25 bits per heavy atom. The molecule has 3 nitrogen and oxygen atoms in total. The predicted molar refractivity (Wildman–Crippen MR) is 70.8 cm³/mol. The van der Waals surface area contributed by atoms with Crippen molar-refractivity contribution in [2.45, 2.75) is 0 Å². The maximum absolute atomic E-state index is 10.4. The van der Waals surface area contributed by atoms with E-state index < -0.39 is 4.92 Å². The number of nitrogens with zero attached hydrogens (tertiary/aromatic N) is 1. The molecule has 0 N–H and O–H groups in total. The van der Waals surface area contributed by atoms with Crippen LogP contribution in [0.4, 0.5) is 0 Å². The van der Waals surface area contributed by atoms with Crippen LogP contribution in [0.5, 0.6) is 0 Å². The Labute approximate surface area is 103 Å². The van der Waals surface area contributed by atoms with E-state index in [9.17, 15) is 10.1 Å². The highest BCUT2D eigenvalue weighted by atomic mass is 79.9. The zero-order valence-corrected chi connectivity index (χ0v) is 10.4. The summed E-state index contributed by atoms with van der Waals surface area (Å²) in [5.41, 5.74) is 0.989. The van der Waals surface area contributed by atoms with Crippen LogP contribution >= 0.6 is 15.9 Å². The van der Waals surface area contributed by atoms with Gasteiger partial charge in [0.2, 0.25) is 0 Å². The highest BCUT2D eigenvalue weighted by Gasteiger charge is 2.11. The smallest absolute Gasteiger partial charge is 0.258 e. The van der Waals surface area contributed by atoms with Crippen LogP contribution in [0, 0.1) is 10.1 Å². The Morgan fingerprint density at radius 1 is 1.25 bits per heavy atom. The third-order valence-electron chi connectivity index (χ3n) is 1.64. The van der Waals surface area contributed by atoms with E-state index in [0.29, 0.717) is 11.1 Å². The standard InChI is InChI=1S/C12H12BrNO2/c1-5-6-7-9(2)10(3)8-12(13)11(4)14(15)16/h5-8H,1-4H2/b7-6-,12-8+. The van der Waals surface area contributed by atoms with Gasteiger partial charge in [-0.2, -0.15) is 0 Å². The van der Waals surface area contributed by atoms with Crippen molar-refractivity contribution in [1.29, 1.82) is 0 Å². The molecule has 16 heavy (non-hydrogen) atoms. The summed E-state index contributed by atoms with van der Waals surface area (Å²) in [6.07, 6.45) is 6.52. The Morgan fingerprint density at radius 2 is 1.81 bits per heavy atom. The van der Waals surface area contributed by atoms with E-state index in [4.69, 9.17) is 0 Å². The largest absolute Gasteiger partial charge is 0.276 e. The van der Waals surface area contributed by atoms with Gasteiger partial charge in [0.05, 0.1) is 9.41 Å². The fraction of sp³-hybridized carbons (Fsp3) is 0. The molecule has 0 aliphatic rings. The molecule has 0 aromatic rings. The minimum Gasteiger partial charge on any atom is -0.258 e. The number of hydrogen-bond donors (Lipinski definition) is 0. The first-order valence-electron chi connectivity index (χ1n) is 4.28. The fourth-order valence-electron chi connectivity index (χ4n) is 0.707. The van der Waals surface area contributed by atoms with Crippen LogP contribution < -0.4 is 0 Å². The van der Waals surface area contributed by atoms with Crippen molar-refractivity contribution in [3.63, 3.8) is 0 Å². The van der Waals surface area contributed by atoms with E-state index in [1.807, 2.05) is 0 Å². The van der Waals surface area contributed by atoms with E-state index in [-0.39, 0.29) is 10.2 Å². The van der Waals surface area contributed by atoms with Crippen LogP contribution in [0.25, 0.3) is 0 Å². The lowest BCUT2D eigenvalue weighted by Gasteiger charge is -2.00. The Balaban J connectivity index is 4.78. The zero-order chi connectivity index (χ0) is 12.7. The van der Waals surface area contributed by atoms with Gasteiger partial charge >= 0.3 is 0 Å². The lowest BCUT2D eigenvalue weighted by Crippen LogP contribution is -1.96. The predicted octanol–water partition coefficient (Wildman–Crippen LogP) is 3.91. The van der Waals surface area contributed by atoms with Crippen molar-refractivity contribution < 1.29 is 4.92 Å². The molecule has 0 aliphatic heterocycles. The van der Waals surface area contributed by atoms with Gasteiger partial charge in [-0.25, -0.2) is 0 Å². The molecule has 0 bridgehead atoms. The quantitative estimate of drug-likeness (QED) is 0.421. The molecule has 84 valence electrons. The average Bonchev–Trinajstić information content (AvgIpc) is 2.24. The van der Waals surface area contributed by atoms with Crippen LogP contribution in [0.2, 0.25) is 0 Å². The van der Waals surface area contributed by atoms with Crippen LogP contribution in [0.15, 0.2) is 71.9 Å². The SMILES string of the molecule is C=C/C=C\C(=C)C(=C)/C=C(/Br)C(=C)[N+](=O)[O-]. The van der Waals surface area contributed by atoms with E-state index >= 15 is 0 Å². The second kappa shape index (κ2) is 6.74. The summed E-state index contributed by atoms with van der Waals surface area (Å²) in [6.45, 7) is 14.3. The van der Waals surface area contributed by atoms with E-state index in [1.54, 1.807) is 18.2 Å². The summed E-state index contributed by atoms with van der Waals surface area (Å²) in [5.74, 6) is 0. The topological polar surface area (TPSA) is 43.1 Å². The minimum atomic E-state index is -0.573. The van der Waals surface area contributed by atoms with Gasteiger partial charge in [-0.3, -0.25) is 10.1 Å². The van der Waals surface area contributed by atoms with Crippen molar-refractivity contribution in [1.82, 2.24) is 0 Å². The highest BCUT2D eigenvalue weighted by Crippen LogP contribution is 2.20. The van der Waals surface area contributed by atoms with Gasteiger partial charge < -0.3 is 0 Å². The molecule has 0 radical (unpaired) electrons. The summed E-state index contributed by atoms with van der Waals surface area (Å²) < 4.78 is 0.274. The number of hydrogen-bond acceptors (Lipinski definition) is 2. The number of rotatable bonds is 6. The van der Waals surface area contributed by atoms with Gasteiger partial charge in [-0.05, 0) is 39.7 Å². The van der Waals surface area contributed by atoms with E-state index in [1.165, 1.54) is 6.08 Å². The summed E-state index contributed by atoms with van der Waals surface area (Å²) in [7, 11) is 0. The number of nitro groups is 1. The van der Waals surface area contributed by atoms with Gasteiger partial charge in [0.25, 0.3) is 5.70 Å². The average molecular weight is 282 g/mol. The molecule has 0 spiro atoms. The minimum absolute atomic E-state index is 0.221. The second-order valence-corrected chi connectivity index (χ2v) is 3.70. The summed E-state index contributed by atoms with van der Waals surface area (Å²) in [4.78, 5) is 9.85. The molecule has 0 rings (SSSR count). The van der Waals surface area contributed by atoms with Crippen molar-refractivity contribution >= 4 is 15.9 Å². The first-order valence-corrected chi connectivity index (χ1v) is 5.07. The molecule has 0 aromatic carbocycles. The molecule has 0 amide bonds. The molecule has 0 fully saturated rings. The Hall–Kier alpha value is -1.68. The summed E-state index contributed by atoms with van der Waals surface area (Å²) >= 11 is 3.05. The third kappa shape index (κ3) is 4.70. The molecule has 4 heteroatoms. The molecule has 0 unspecified atom stereocenters. The van der Waals surface area contributed by atoms with Crippen LogP contribution in [-0.4, -0.2) is 4.92 Å². The van der Waals surface area contributed by atoms with Gasteiger partial charge in [0.1, 0.15) is 0 Å². The molecule has 0 atom stereocenters. The monoisotopic (exact) mass is 281 g/mol. The summed E-state index contributed by atoms with van der Waals surface area (Å²) in [6, 6.07) is 0. The Kier molecular flexibility index (Phi) is 6.03. The molecular weight excluding hydrogens is 270 g/mol. The van der Waals surface area contributed by atoms with Crippen LogP contribution in [-0.2, 0) is 0 Å². The molecule has 0 saturated heterocycles. The zero-order valence-electron chi connectivity index (χ0n) is 8.78. The first kappa shape index (κ1) is 14.3. The lowest BCUT2D eigenvalue weighted by atomic mass is 10.1. The molecule has 0 heterocycles. The van der Waals surface area contributed by atoms with Crippen molar-refractivity contribution in [2.75, 3.05) is 0 Å². The molecule has 0 aromatic heterocycles. The normalized spacial score (nSPS) is 11.2. The first-order chi connectivity index (χ1) is 7.40. The highest BCUT2D eigenvalue weighted by molar-refractivity contribution is 9.11. The number of halogens is 1. The van der Waals surface area contributed by atoms with E-state index in [2.05, 4.69) is 42.2 Å². The molecular formula is C12H12BrNO2. The van der Waals surface area contributed by atoms with Crippen molar-refractivity contribution in [2.24, 2.45) is 0 Å². The maximum Gasteiger partial charge on any atom is 0.276 e. The van der Waals surface area contributed by atoms with Gasteiger partial charge in [-0.15, -0.1) is 0 Å². The van der Waals surface area contributed by atoms with Crippen LogP contribution in [0.1, 0.15) is 0 Å². The van der Waals surface area contributed by atoms with Gasteiger partial charge in [-0.1, -0.05) is 38.0 Å². The lowest BCUT2D eigenvalue weighted by molar-refractivity contribution is -0.418. The van der Waals surface area contributed by atoms with Gasteiger partial charge in [0, 0.05) is 0 Å². The molecule has 0 saturated carbocycles. The second-order valence-electron chi connectivity index (χ2n) is 2.84.